The Bertz CT molecular complexity index is 117. The maximum absolute atomic E-state index is 6.08. The minimum Gasteiger partial charge on any atom is -0.373 e. The van der Waals surface area contributed by atoms with Gasteiger partial charge < -0.3 is 4.74 Å². The van der Waals surface area contributed by atoms with E-state index in [-0.39, 0.29) is 11.0 Å². The highest BCUT2D eigenvalue weighted by Gasteiger charge is 2.33. The van der Waals surface area contributed by atoms with E-state index in [0.717, 1.165) is 12.8 Å². The summed E-state index contributed by atoms with van der Waals surface area (Å²) in [6.45, 7) is 6.12. The zero-order valence-electron chi connectivity index (χ0n) is 6.86. The highest BCUT2D eigenvalue weighted by Crippen LogP contribution is 2.31. The van der Waals surface area contributed by atoms with Gasteiger partial charge >= 0.3 is 0 Å². The van der Waals surface area contributed by atoms with Crippen LogP contribution in [-0.4, -0.2) is 17.1 Å². The van der Waals surface area contributed by atoms with Crippen LogP contribution in [0.1, 0.15) is 33.6 Å². The van der Waals surface area contributed by atoms with Crippen LogP contribution in [0, 0.1) is 0 Å². The maximum atomic E-state index is 6.08. The molecule has 0 aromatic heterocycles. The van der Waals surface area contributed by atoms with Crippen molar-refractivity contribution in [3.63, 3.8) is 0 Å². The molecule has 0 saturated carbocycles. The topological polar surface area (TPSA) is 9.23 Å². The highest BCUT2D eigenvalue weighted by atomic mass is 35.5. The van der Waals surface area contributed by atoms with E-state index < -0.39 is 0 Å². The Morgan fingerprint density at radius 1 is 1.40 bits per heavy atom. The molecule has 0 aliphatic carbocycles. The molecule has 0 amide bonds. The van der Waals surface area contributed by atoms with Crippen molar-refractivity contribution in [2.24, 2.45) is 0 Å². The zero-order chi connectivity index (χ0) is 7.78. The van der Waals surface area contributed by atoms with E-state index in [0.29, 0.717) is 6.10 Å². The summed E-state index contributed by atoms with van der Waals surface area (Å²) in [5, 5.41) is 0. The van der Waals surface area contributed by atoms with E-state index in [4.69, 9.17) is 16.3 Å². The molecule has 2 atom stereocenters. The molecule has 0 aromatic carbocycles. The molecule has 2 heteroatoms. The number of ether oxygens (including phenoxy) is 1. The summed E-state index contributed by atoms with van der Waals surface area (Å²) in [5.41, 5.74) is 0. The Morgan fingerprint density at radius 3 is 2.20 bits per heavy atom. The molecule has 1 fully saturated rings. The zero-order valence-corrected chi connectivity index (χ0v) is 7.61. The van der Waals surface area contributed by atoms with Crippen LogP contribution in [0.4, 0.5) is 0 Å². The Balaban J connectivity index is 2.45. The van der Waals surface area contributed by atoms with Gasteiger partial charge in [0.25, 0.3) is 0 Å². The average molecular weight is 163 g/mol. The van der Waals surface area contributed by atoms with Gasteiger partial charge in [0.15, 0.2) is 0 Å². The van der Waals surface area contributed by atoms with E-state index in [1.165, 1.54) is 0 Å². The standard InChI is InChI=1S/C8H15ClO/c1-6-4-5-7(10-6)8(2,3)9/h6-7H,4-5H2,1-3H3/t6-,7-/m0/s1. The summed E-state index contributed by atoms with van der Waals surface area (Å²) >= 11 is 6.08. The van der Waals surface area contributed by atoms with Crippen LogP contribution in [0.25, 0.3) is 0 Å². The Labute approximate surface area is 67.7 Å². The smallest absolute Gasteiger partial charge is 0.0765 e. The second-order valence-electron chi connectivity index (χ2n) is 3.58. The Morgan fingerprint density at radius 2 is 2.00 bits per heavy atom. The van der Waals surface area contributed by atoms with E-state index in [2.05, 4.69) is 6.92 Å². The molecule has 0 unspecified atom stereocenters. The van der Waals surface area contributed by atoms with E-state index in [1.807, 2.05) is 13.8 Å². The van der Waals surface area contributed by atoms with Crippen LogP contribution < -0.4 is 0 Å². The Kier molecular flexibility index (Phi) is 2.26. The minimum atomic E-state index is -0.190. The largest absolute Gasteiger partial charge is 0.373 e. The fourth-order valence-electron chi connectivity index (χ4n) is 1.31. The molecular weight excluding hydrogens is 148 g/mol. The number of halogens is 1. The number of hydrogen-bond acceptors (Lipinski definition) is 1. The minimum absolute atomic E-state index is 0.190. The lowest BCUT2D eigenvalue weighted by atomic mass is 10.0. The molecule has 1 saturated heterocycles. The van der Waals surface area contributed by atoms with E-state index in [9.17, 15) is 0 Å². The molecular formula is C8H15ClO. The van der Waals surface area contributed by atoms with Gasteiger partial charge in [-0.15, -0.1) is 11.6 Å². The molecule has 0 radical (unpaired) electrons. The first kappa shape index (κ1) is 8.35. The summed E-state index contributed by atoms with van der Waals surface area (Å²) in [6, 6.07) is 0. The van der Waals surface area contributed by atoms with Gasteiger partial charge in [-0.05, 0) is 33.6 Å². The summed E-state index contributed by atoms with van der Waals surface area (Å²) < 4.78 is 5.59. The van der Waals surface area contributed by atoms with E-state index >= 15 is 0 Å². The van der Waals surface area contributed by atoms with Crippen molar-refractivity contribution < 1.29 is 4.74 Å². The molecule has 0 aromatic rings. The lowest BCUT2D eigenvalue weighted by Gasteiger charge is -2.23. The monoisotopic (exact) mass is 162 g/mol. The van der Waals surface area contributed by atoms with Gasteiger partial charge in [0, 0.05) is 0 Å². The molecule has 0 N–H and O–H groups in total. The lowest BCUT2D eigenvalue weighted by molar-refractivity contribution is 0.0369. The summed E-state index contributed by atoms with van der Waals surface area (Å²) in [4.78, 5) is -0.190. The third kappa shape index (κ3) is 1.86. The van der Waals surface area contributed by atoms with Crippen LogP contribution in [0.15, 0.2) is 0 Å². The highest BCUT2D eigenvalue weighted by molar-refractivity contribution is 6.23. The number of hydrogen-bond donors (Lipinski definition) is 0. The SMILES string of the molecule is C[C@H]1CC[C@@H](C(C)(C)Cl)O1. The number of alkyl halides is 1. The normalized spacial score (nSPS) is 34.8. The third-order valence-electron chi connectivity index (χ3n) is 2.00. The predicted molar refractivity (Wildman–Crippen MR) is 43.5 cm³/mol. The fraction of sp³-hybridized carbons (Fsp3) is 1.00. The molecule has 1 aliphatic rings. The van der Waals surface area contributed by atoms with Crippen molar-refractivity contribution >= 4 is 11.6 Å². The van der Waals surface area contributed by atoms with Gasteiger partial charge in [0.2, 0.25) is 0 Å². The maximum Gasteiger partial charge on any atom is 0.0765 e. The third-order valence-corrected chi connectivity index (χ3v) is 2.24. The first-order valence-electron chi connectivity index (χ1n) is 3.84. The van der Waals surface area contributed by atoms with Crippen molar-refractivity contribution in [1.82, 2.24) is 0 Å². The predicted octanol–water partition coefficient (Wildman–Crippen LogP) is 2.57. The van der Waals surface area contributed by atoms with Crippen molar-refractivity contribution in [3.05, 3.63) is 0 Å². The van der Waals surface area contributed by atoms with Gasteiger partial charge in [-0.25, -0.2) is 0 Å². The van der Waals surface area contributed by atoms with Gasteiger partial charge in [-0.2, -0.15) is 0 Å². The van der Waals surface area contributed by atoms with E-state index in [1.54, 1.807) is 0 Å². The van der Waals surface area contributed by atoms with Gasteiger partial charge in [0.1, 0.15) is 0 Å². The number of rotatable bonds is 1. The first-order chi connectivity index (χ1) is 4.50. The molecule has 60 valence electrons. The lowest BCUT2D eigenvalue weighted by Crippen LogP contribution is -2.30. The van der Waals surface area contributed by atoms with Crippen molar-refractivity contribution in [1.29, 1.82) is 0 Å². The second-order valence-corrected chi connectivity index (χ2v) is 4.55. The summed E-state index contributed by atoms with van der Waals surface area (Å²) in [6.07, 6.45) is 2.92. The molecule has 0 bridgehead atoms. The first-order valence-corrected chi connectivity index (χ1v) is 4.22. The molecule has 1 nitrogen and oxygen atoms in total. The van der Waals surface area contributed by atoms with Crippen LogP contribution in [0.2, 0.25) is 0 Å². The fourth-order valence-corrected chi connectivity index (χ4v) is 1.47. The van der Waals surface area contributed by atoms with Crippen molar-refractivity contribution in [3.8, 4) is 0 Å². The van der Waals surface area contributed by atoms with Crippen LogP contribution in [0.3, 0.4) is 0 Å². The van der Waals surface area contributed by atoms with Gasteiger partial charge in [-0.1, -0.05) is 0 Å². The van der Waals surface area contributed by atoms with Gasteiger partial charge in [0.05, 0.1) is 17.1 Å². The summed E-state index contributed by atoms with van der Waals surface area (Å²) in [7, 11) is 0. The van der Waals surface area contributed by atoms with Crippen molar-refractivity contribution in [2.75, 3.05) is 0 Å². The molecule has 0 spiro atoms. The van der Waals surface area contributed by atoms with Gasteiger partial charge in [-0.3, -0.25) is 0 Å². The van der Waals surface area contributed by atoms with Crippen molar-refractivity contribution in [2.45, 2.75) is 50.7 Å². The molecule has 1 heterocycles. The molecule has 1 aliphatic heterocycles. The molecule has 1 rings (SSSR count). The second kappa shape index (κ2) is 2.71. The molecule has 10 heavy (non-hydrogen) atoms. The van der Waals surface area contributed by atoms with Crippen LogP contribution >= 0.6 is 11.6 Å². The van der Waals surface area contributed by atoms with Crippen LogP contribution in [-0.2, 0) is 4.74 Å². The Hall–Kier alpha value is 0.250. The quantitative estimate of drug-likeness (QED) is 0.539. The summed E-state index contributed by atoms with van der Waals surface area (Å²) in [5.74, 6) is 0. The average Bonchev–Trinajstić information content (AvgIpc) is 2.11. The van der Waals surface area contributed by atoms with Crippen LogP contribution in [0.5, 0.6) is 0 Å².